The Morgan fingerprint density at radius 3 is 1.68 bits per heavy atom. The maximum Gasteiger partial charge on any atom is 0.217 e. The Morgan fingerprint density at radius 2 is 1.26 bits per heavy atom. The molecule has 226 valence electrons. The minimum Gasteiger partial charge on any atom is -0.396 e. The highest BCUT2D eigenvalue weighted by molar-refractivity contribution is 5.73. The number of aliphatic hydroxyl groups is 6. The molecule has 0 aromatic heterocycles. The van der Waals surface area contributed by atoms with Gasteiger partial charge in [-0.1, -0.05) is 13.8 Å². The standard InChI is InChI=1S/C27H54N2O9/c1-16(12-30)10-21(14-32)24(28-19(4)34)23(36)8-9-27(6,7)38-15-22(11-17(2)13-31)25(29-20(5)35)26(37)18(3)33/h16-18,21-26,30-33,36-37H,8-15H2,1-7H3,(H,28,34)(H,29,35). The molecule has 0 heterocycles. The van der Waals surface area contributed by atoms with E-state index in [1.165, 1.54) is 20.8 Å². The van der Waals surface area contributed by atoms with Gasteiger partial charge < -0.3 is 46.0 Å². The van der Waals surface area contributed by atoms with Gasteiger partial charge in [0.05, 0.1) is 36.5 Å². The molecule has 0 radical (unpaired) electrons. The van der Waals surface area contributed by atoms with E-state index in [1.54, 1.807) is 0 Å². The lowest BCUT2D eigenvalue weighted by Crippen LogP contribution is -2.53. The fourth-order valence-electron chi connectivity index (χ4n) is 4.70. The van der Waals surface area contributed by atoms with Crippen LogP contribution in [0.2, 0.25) is 0 Å². The first-order valence-corrected chi connectivity index (χ1v) is 13.6. The summed E-state index contributed by atoms with van der Waals surface area (Å²) in [6, 6.07) is -1.50. The Hall–Kier alpha value is -1.34. The summed E-state index contributed by atoms with van der Waals surface area (Å²) in [6.45, 7) is 11.2. The first kappa shape index (κ1) is 36.7. The van der Waals surface area contributed by atoms with Crippen LogP contribution in [0.15, 0.2) is 0 Å². The molecule has 38 heavy (non-hydrogen) atoms. The second-order valence-corrected chi connectivity index (χ2v) is 11.6. The summed E-state index contributed by atoms with van der Waals surface area (Å²) < 4.78 is 6.20. The van der Waals surface area contributed by atoms with Crippen molar-refractivity contribution in [3.8, 4) is 0 Å². The summed E-state index contributed by atoms with van der Waals surface area (Å²) in [5, 5.41) is 65.9. The van der Waals surface area contributed by atoms with Gasteiger partial charge in [0.2, 0.25) is 11.8 Å². The number of carbonyl (C=O) groups excluding carboxylic acids is 2. The Bertz CT molecular complexity index is 677. The van der Waals surface area contributed by atoms with E-state index < -0.39 is 47.8 Å². The van der Waals surface area contributed by atoms with Crippen LogP contribution in [0.25, 0.3) is 0 Å². The predicted molar refractivity (Wildman–Crippen MR) is 144 cm³/mol. The molecule has 0 aromatic rings. The van der Waals surface area contributed by atoms with E-state index >= 15 is 0 Å². The van der Waals surface area contributed by atoms with Crippen molar-refractivity contribution in [2.24, 2.45) is 23.7 Å². The van der Waals surface area contributed by atoms with Gasteiger partial charge in [0, 0.05) is 45.5 Å². The molecule has 8 N–H and O–H groups in total. The maximum atomic E-state index is 11.8. The lowest BCUT2D eigenvalue weighted by molar-refractivity contribution is -0.123. The van der Waals surface area contributed by atoms with E-state index in [0.29, 0.717) is 19.3 Å². The van der Waals surface area contributed by atoms with Gasteiger partial charge in [-0.05, 0) is 58.3 Å². The summed E-state index contributed by atoms with van der Waals surface area (Å²) in [6.07, 6.45) is -1.81. The number of hydrogen-bond donors (Lipinski definition) is 8. The minimum atomic E-state index is -1.24. The fourth-order valence-corrected chi connectivity index (χ4v) is 4.70. The highest BCUT2D eigenvalue weighted by atomic mass is 16.5. The molecule has 2 amide bonds. The van der Waals surface area contributed by atoms with E-state index in [1.807, 2.05) is 27.7 Å². The van der Waals surface area contributed by atoms with Crippen molar-refractivity contribution in [3.05, 3.63) is 0 Å². The van der Waals surface area contributed by atoms with Gasteiger partial charge in [-0.25, -0.2) is 0 Å². The number of carbonyl (C=O) groups is 2. The van der Waals surface area contributed by atoms with Crippen LogP contribution < -0.4 is 10.6 Å². The molecule has 0 aliphatic heterocycles. The van der Waals surface area contributed by atoms with E-state index in [-0.39, 0.29) is 56.5 Å². The van der Waals surface area contributed by atoms with Crippen molar-refractivity contribution in [1.82, 2.24) is 10.6 Å². The molecule has 0 spiro atoms. The molecule has 9 unspecified atom stereocenters. The normalized spacial score (nSPS) is 19.4. The highest BCUT2D eigenvalue weighted by Crippen LogP contribution is 2.27. The van der Waals surface area contributed by atoms with Gasteiger partial charge >= 0.3 is 0 Å². The molecule has 0 aliphatic rings. The van der Waals surface area contributed by atoms with E-state index in [0.717, 1.165) is 0 Å². The van der Waals surface area contributed by atoms with Crippen molar-refractivity contribution in [2.75, 3.05) is 26.4 Å². The van der Waals surface area contributed by atoms with Gasteiger partial charge in [0.15, 0.2) is 0 Å². The van der Waals surface area contributed by atoms with Gasteiger partial charge in [0.25, 0.3) is 0 Å². The summed E-state index contributed by atoms with van der Waals surface area (Å²) in [5.41, 5.74) is -0.744. The second kappa shape index (κ2) is 18.1. The summed E-state index contributed by atoms with van der Waals surface area (Å²) in [7, 11) is 0. The number of ether oxygens (including phenoxy) is 1. The van der Waals surface area contributed by atoms with Crippen LogP contribution in [-0.4, -0.2) is 105 Å². The van der Waals surface area contributed by atoms with Crippen LogP contribution in [0.1, 0.15) is 74.1 Å². The molecule has 0 rings (SSSR count). The molecule has 9 atom stereocenters. The van der Waals surface area contributed by atoms with Gasteiger partial charge in [-0.15, -0.1) is 0 Å². The third kappa shape index (κ3) is 14.2. The summed E-state index contributed by atoms with van der Waals surface area (Å²) in [4.78, 5) is 23.6. The first-order valence-electron chi connectivity index (χ1n) is 13.6. The SMILES string of the molecule is CC(=O)NC(C(O)CCC(C)(C)OCC(CC(C)CO)C(NC(C)=O)C(O)C(C)O)C(CO)CC(C)CO. The van der Waals surface area contributed by atoms with Crippen LogP contribution in [0.3, 0.4) is 0 Å². The molecule has 11 nitrogen and oxygen atoms in total. The lowest BCUT2D eigenvalue weighted by atomic mass is 9.84. The highest BCUT2D eigenvalue weighted by Gasteiger charge is 2.35. The number of hydrogen-bond acceptors (Lipinski definition) is 9. The van der Waals surface area contributed by atoms with Crippen molar-refractivity contribution in [2.45, 2.75) is 110 Å². The van der Waals surface area contributed by atoms with Crippen molar-refractivity contribution >= 4 is 11.8 Å². The molecule has 0 fully saturated rings. The molecular formula is C27H54N2O9. The van der Waals surface area contributed by atoms with E-state index in [9.17, 15) is 40.2 Å². The zero-order chi connectivity index (χ0) is 29.6. The summed E-state index contributed by atoms with van der Waals surface area (Å²) >= 11 is 0. The molecule has 0 aromatic carbocycles. The third-order valence-electron chi connectivity index (χ3n) is 7.03. The number of aliphatic hydroxyl groups excluding tert-OH is 6. The van der Waals surface area contributed by atoms with Crippen LogP contribution >= 0.6 is 0 Å². The number of nitrogens with one attached hydrogen (secondary N) is 2. The molecule has 0 saturated carbocycles. The van der Waals surface area contributed by atoms with Crippen LogP contribution in [0, 0.1) is 23.7 Å². The Kier molecular flexibility index (Phi) is 17.5. The van der Waals surface area contributed by atoms with Gasteiger partial charge in [0.1, 0.15) is 6.10 Å². The van der Waals surface area contributed by atoms with Crippen molar-refractivity contribution < 1.29 is 45.0 Å². The zero-order valence-electron chi connectivity index (χ0n) is 24.3. The Balaban J connectivity index is 5.54. The quantitative estimate of drug-likeness (QED) is 0.103. The molecule has 0 bridgehead atoms. The largest absolute Gasteiger partial charge is 0.396 e. The topological polar surface area (TPSA) is 189 Å². The predicted octanol–water partition coefficient (Wildman–Crippen LogP) is -0.0645. The first-order chi connectivity index (χ1) is 17.6. The Labute approximate surface area is 228 Å². The van der Waals surface area contributed by atoms with Gasteiger partial charge in [-0.2, -0.15) is 0 Å². The Morgan fingerprint density at radius 1 is 0.789 bits per heavy atom. The van der Waals surface area contributed by atoms with Gasteiger partial charge in [-0.3, -0.25) is 9.59 Å². The molecule has 0 aliphatic carbocycles. The fraction of sp³-hybridized carbons (Fsp3) is 0.926. The molecule has 11 heteroatoms. The van der Waals surface area contributed by atoms with Crippen molar-refractivity contribution in [1.29, 1.82) is 0 Å². The van der Waals surface area contributed by atoms with E-state index in [4.69, 9.17) is 4.74 Å². The average molecular weight is 551 g/mol. The minimum absolute atomic E-state index is 0.0699. The second-order valence-electron chi connectivity index (χ2n) is 11.6. The summed E-state index contributed by atoms with van der Waals surface area (Å²) in [5.74, 6) is -1.80. The smallest absolute Gasteiger partial charge is 0.217 e. The number of amides is 2. The van der Waals surface area contributed by atoms with Crippen molar-refractivity contribution in [3.63, 3.8) is 0 Å². The van der Waals surface area contributed by atoms with Crippen LogP contribution in [0.4, 0.5) is 0 Å². The number of rotatable bonds is 20. The monoisotopic (exact) mass is 550 g/mol. The van der Waals surface area contributed by atoms with E-state index in [2.05, 4.69) is 10.6 Å². The zero-order valence-corrected chi connectivity index (χ0v) is 24.3. The maximum absolute atomic E-state index is 11.8. The third-order valence-corrected chi connectivity index (χ3v) is 7.03. The molecular weight excluding hydrogens is 496 g/mol. The lowest BCUT2D eigenvalue weighted by Gasteiger charge is -2.37. The molecule has 0 saturated heterocycles. The van der Waals surface area contributed by atoms with Crippen LogP contribution in [0.5, 0.6) is 0 Å². The average Bonchev–Trinajstić information content (AvgIpc) is 2.84. The van der Waals surface area contributed by atoms with Crippen LogP contribution in [-0.2, 0) is 14.3 Å².